The molecule has 0 N–H and O–H groups in total. The number of nitrogens with zero attached hydrogens (tertiary/aromatic N) is 2. The Morgan fingerprint density at radius 3 is 2.58 bits per heavy atom. The number of halogens is 1. The third kappa shape index (κ3) is 4.11. The van der Waals surface area contributed by atoms with E-state index in [4.69, 9.17) is 0 Å². The fraction of sp³-hybridized carbons (Fsp3) is 0.316. The lowest BCUT2D eigenvalue weighted by Gasteiger charge is -2.22. The first-order chi connectivity index (χ1) is 12.4. The lowest BCUT2D eigenvalue weighted by Crippen LogP contribution is -2.36. The number of fused-ring (bicyclic) bond motifs is 1. The Kier molecular flexibility index (Phi) is 5.38. The van der Waals surface area contributed by atoms with E-state index >= 15 is 0 Å². The Bertz CT molecular complexity index is 915. The second-order valence-electron chi connectivity index (χ2n) is 6.36. The number of rotatable bonds is 6. The van der Waals surface area contributed by atoms with Crippen LogP contribution in [0, 0.1) is 5.82 Å². The molecule has 0 aliphatic carbocycles. The van der Waals surface area contributed by atoms with Gasteiger partial charge in [0.05, 0.1) is 6.26 Å². The summed E-state index contributed by atoms with van der Waals surface area (Å²) in [6.07, 6.45) is 1.92. The number of amides is 1. The van der Waals surface area contributed by atoms with Crippen molar-refractivity contribution in [2.24, 2.45) is 0 Å². The SMILES string of the molecule is CS(=O)(=O)N(CCC(=O)N1CCc2ccccc21)Cc1ccccc1F. The lowest BCUT2D eigenvalue weighted by molar-refractivity contribution is -0.118. The average Bonchev–Trinajstić information content (AvgIpc) is 3.03. The molecular weight excluding hydrogens is 355 g/mol. The van der Waals surface area contributed by atoms with Crippen LogP contribution < -0.4 is 4.90 Å². The van der Waals surface area contributed by atoms with Crippen molar-refractivity contribution < 1.29 is 17.6 Å². The van der Waals surface area contributed by atoms with Crippen molar-refractivity contribution in [1.82, 2.24) is 4.31 Å². The van der Waals surface area contributed by atoms with Crippen molar-refractivity contribution in [3.63, 3.8) is 0 Å². The monoisotopic (exact) mass is 376 g/mol. The van der Waals surface area contributed by atoms with E-state index in [0.717, 1.165) is 28.2 Å². The molecule has 1 aliphatic rings. The first kappa shape index (κ1) is 18.5. The lowest BCUT2D eigenvalue weighted by atomic mass is 10.2. The molecule has 0 saturated heterocycles. The molecular formula is C19H21FN2O3S. The zero-order valence-corrected chi connectivity index (χ0v) is 15.4. The van der Waals surface area contributed by atoms with Crippen molar-refractivity contribution in [1.29, 1.82) is 0 Å². The van der Waals surface area contributed by atoms with Gasteiger partial charge in [0.25, 0.3) is 0 Å². The highest BCUT2D eigenvalue weighted by molar-refractivity contribution is 7.88. The molecule has 1 heterocycles. The number of hydrogen-bond acceptors (Lipinski definition) is 3. The van der Waals surface area contributed by atoms with Crippen LogP contribution in [0.2, 0.25) is 0 Å². The molecule has 0 radical (unpaired) electrons. The number of carbonyl (C=O) groups excluding carboxylic acids is 1. The van der Waals surface area contributed by atoms with Gasteiger partial charge < -0.3 is 4.90 Å². The van der Waals surface area contributed by atoms with Crippen LogP contribution >= 0.6 is 0 Å². The predicted molar refractivity (Wildman–Crippen MR) is 98.8 cm³/mol. The van der Waals surface area contributed by atoms with Gasteiger partial charge in [-0.2, -0.15) is 4.31 Å². The molecule has 7 heteroatoms. The minimum Gasteiger partial charge on any atom is -0.312 e. The van der Waals surface area contributed by atoms with Crippen LogP contribution in [0.4, 0.5) is 10.1 Å². The van der Waals surface area contributed by atoms with Gasteiger partial charge in [-0.15, -0.1) is 0 Å². The fourth-order valence-electron chi connectivity index (χ4n) is 3.13. The summed E-state index contributed by atoms with van der Waals surface area (Å²) in [7, 11) is -3.56. The summed E-state index contributed by atoms with van der Waals surface area (Å²) in [6, 6.07) is 13.8. The minimum atomic E-state index is -3.56. The first-order valence-corrected chi connectivity index (χ1v) is 10.3. The van der Waals surface area contributed by atoms with E-state index in [2.05, 4.69) is 0 Å². The van der Waals surface area contributed by atoms with Crippen molar-refractivity contribution >= 4 is 21.6 Å². The standard InChI is InChI=1S/C19H21FN2O3S/c1-26(24,25)21(14-16-7-2-4-8-17(16)20)12-11-19(23)22-13-10-15-6-3-5-9-18(15)22/h2-9H,10-14H2,1H3. The van der Waals surface area contributed by atoms with Gasteiger partial charge in [-0.1, -0.05) is 36.4 Å². The maximum Gasteiger partial charge on any atom is 0.228 e. The Morgan fingerprint density at radius 1 is 1.15 bits per heavy atom. The summed E-state index contributed by atoms with van der Waals surface area (Å²) < 4.78 is 39.1. The van der Waals surface area contributed by atoms with Gasteiger partial charge in [0.1, 0.15) is 5.82 Å². The van der Waals surface area contributed by atoms with E-state index in [-0.39, 0.29) is 31.0 Å². The van der Waals surface area contributed by atoms with Crippen LogP contribution in [0.25, 0.3) is 0 Å². The predicted octanol–water partition coefficient (Wildman–Crippen LogP) is 2.57. The van der Waals surface area contributed by atoms with Crippen LogP contribution in [-0.2, 0) is 27.8 Å². The highest BCUT2D eigenvalue weighted by atomic mass is 32.2. The molecule has 0 fully saturated rings. The van der Waals surface area contributed by atoms with Gasteiger partial charge >= 0.3 is 0 Å². The zero-order chi connectivity index (χ0) is 18.7. The van der Waals surface area contributed by atoms with Crippen molar-refractivity contribution in [3.8, 4) is 0 Å². The second-order valence-corrected chi connectivity index (χ2v) is 8.34. The maximum atomic E-state index is 13.9. The summed E-state index contributed by atoms with van der Waals surface area (Å²) in [5.41, 5.74) is 2.29. The van der Waals surface area contributed by atoms with Crippen molar-refractivity contribution in [2.75, 3.05) is 24.2 Å². The van der Waals surface area contributed by atoms with Gasteiger partial charge in [-0.05, 0) is 24.1 Å². The van der Waals surface area contributed by atoms with Crippen LogP contribution in [0.1, 0.15) is 17.5 Å². The van der Waals surface area contributed by atoms with Crippen LogP contribution in [0.15, 0.2) is 48.5 Å². The molecule has 2 aromatic rings. The number of anilines is 1. The molecule has 5 nitrogen and oxygen atoms in total. The Morgan fingerprint density at radius 2 is 1.85 bits per heavy atom. The number of benzene rings is 2. The highest BCUT2D eigenvalue weighted by Crippen LogP contribution is 2.28. The third-order valence-corrected chi connectivity index (χ3v) is 5.79. The molecule has 0 unspecified atom stereocenters. The molecule has 0 atom stereocenters. The average molecular weight is 376 g/mol. The minimum absolute atomic E-state index is 0.0185. The van der Waals surface area contributed by atoms with Gasteiger partial charge in [0, 0.05) is 37.3 Å². The normalized spacial score (nSPS) is 13.9. The molecule has 0 spiro atoms. The summed E-state index contributed by atoms with van der Waals surface area (Å²) >= 11 is 0. The molecule has 26 heavy (non-hydrogen) atoms. The van der Waals surface area contributed by atoms with Crippen LogP contribution in [-0.4, -0.2) is 38.0 Å². The van der Waals surface area contributed by atoms with E-state index < -0.39 is 15.8 Å². The summed E-state index contributed by atoms with van der Waals surface area (Å²) in [4.78, 5) is 14.3. The molecule has 3 rings (SSSR count). The number of hydrogen-bond donors (Lipinski definition) is 0. The first-order valence-electron chi connectivity index (χ1n) is 8.43. The molecule has 0 saturated carbocycles. The largest absolute Gasteiger partial charge is 0.312 e. The van der Waals surface area contributed by atoms with Crippen LogP contribution in [0.3, 0.4) is 0 Å². The number of sulfonamides is 1. The molecule has 1 aliphatic heterocycles. The van der Waals surface area contributed by atoms with E-state index in [1.54, 1.807) is 23.1 Å². The second kappa shape index (κ2) is 7.55. The van der Waals surface area contributed by atoms with Gasteiger partial charge in [0.2, 0.25) is 15.9 Å². The van der Waals surface area contributed by atoms with Crippen molar-refractivity contribution in [3.05, 3.63) is 65.5 Å². The van der Waals surface area contributed by atoms with E-state index in [1.165, 1.54) is 6.07 Å². The number of carbonyl (C=O) groups is 1. The summed E-state index contributed by atoms with van der Waals surface area (Å²) in [5, 5.41) is 0. The third-order valence-electron chi connectivity index (χ3n) is 4.54. The molecule has 0 aromatic heterocycles. The molecule has 2 aromatic carbocycles. The molecule has 0 bridgehead atoms. The fourth-order valence-corrected chi connectivity index (χ4v) is 3.93. The van der Waals surface area contributed by atoms with E-state index in [1.807, 2.05) is 24.3 Å². The summed E-state index contributed by atoms with van der Waals surface area (Å²) in [6.45, 7) is 0.532. The van der Waals surface area contributed by atoms with Gasteiger partial charge in [0.15, 0.2) is 0 Å². The van der Waals surface area contributed by atoms with Gasteiger partial charge in [-0.3, -0.25) is 4.79 Å². The summed E-state index contributed by atoms with van der Waals surface area (Å²) in [5.74, 6) is -0.585. The Balaban J connectivity index is 1.69. The highest BCUT2D eigenvalue weighted by Gasteiger charge is 2.26. The van der Waals surface area contributed by atoms with Crippen molar-refractivity contribution in [2.45, 2.75) is 19.4 Å². The van der Waals surface area contributed by atoms with E-state index in [0.29, 0.717) is 6.54 Å². The quantitative estimate of drug-likeness (QED) is 0.779. The van der Waals surface area contributed by atoms with E-state index in [9.17, 15) is 17.6 Å². The molecule has 138 valence electrons. The Hall–Kier alpha value is -2.25. The number of para-hydroxylation sites is 1. The molecule has 1 amide bonds. The smallest absolute Gasteiger partial charge is 0.228 e. The zero-order valence-electron chi connectivity index (χ0n) is 14.6. The maximum absolute atomic E-state index is 13.9. The topological polar surface area (TPSA) is 57.7 Å². The Labute approximate surface area is 153 Å². The van der Waals surface area contributed by atoms with Crippen LogP contribution in [0.5, 0.6) is 0 Å². The van der Waals surface area contributed by atoms with Gasteiger partial charge in [-0.25, -0.2) is 12.8 Å².